The van der Waals surface area contributed by atoms with E-state index in [1.165, 1.54) is 0 Å². The molecule has 0 spiro atoms. The number of hydrogen-bond donors (Lipinski definition) is 3. The molecule has 130 valence electrons. The highest BCUT2D eigenvalue weighted by Crippen LogP contribution is 2.15. The molecule has 1 aromatic carbocycles. The van der Waals surface area contributed by atoms with Crippen molar-refractivity contribution in [2.45, 2.75) is 18.9 Å². The second-order valence-corrected chi connectivity index (χ2v) is 6.26. The fraction of sp³-hybridized carbons (Fsp3) is 0.500. The van der Waals surface area contributed by atoms with E-state index in [1.807, 2.05) is 24.4 Å². The Kier molecular flexibility index (Phi) is 5.85. The molecule has 1 atom stereocenters. The number of aliphatic hydroxyl groups is 1. The van der Waals surface area contributed by atoms with Gasteiger partial charge in [-0.2, -0.15) is 0 Å². The molecule has 1 amide bonds. The van der Waals surface area contributed by atoms with Gasteiger partial charge in [-0.05, 0) is 35.6 Å². The SMILES string of the molecule is O=C(CCc1ccc2[nH]ccc2c1)N[C@@H](CO)CN1CCOCC1. The molecule has 0 aliphatic carbocycles. The van der Waals surface area contributed by atoms with Gasteiger partial charge in [-0.3, -0.25) is 9.69 Å². The lowest BCUT2D eigenvalue weighted by Gasteiger charge is -2.30. The van der Waals surface area contributed by atoms with Crippen LogP contribution in [0.15, 0.2) is 30.5 Å². The molecule has 2 heterocycles. The standard InChI is InChI=1S/C18H25N3O3/c22-13-16(12-21-7-9-24-10-8-21)20-18(23)4-2-14-1-3-17-15(11-14)5-6-19-17/h1,3,5-6,11,16,19,22H,2,4,7-10,12-13H2,(H,20,23)/t16-/m1/s1. The Morgan fingerprint density at radius 1 is 1.33 bits per heavy atom. The number of aryl methyl sites for hydroxylation is 1. The van der Waals surface area contributed by atoms with E-state index in [9.17, 15) is 9.90 Å². The Bertz CT molecular complexity index is 664. The third-order valence-electron chi connectivity index (χ3n) is 4.43. The van der Waals surface area contributed by atoms with Crippen LogP contribution in [0.3, 0.4) is 0 Å². The van der Waals surface area contributed by atoms with Crippen molar-refractivity contribution in [3.8, 4) is 0 Å². The van der Waals surface area contributed by atoms with Crippen LogP contribution in [0.5, 0.6) is 0 Å². The number of rotatable bonds is 7. The molecular formula is C18H25N3O3. The average Bonchev–Trinajstić information content (AvgIpc) is 3.08. The Morgan fingerprint density at radius 2 is 2.17 bits per heavy atom. The lowest BCUT2D eigenvalue weighted by atomic mass is 10.1. The van der Waals surface area contributed by atoms with Gasteiger partial charge in [0.25, 0.3) is 0 Å². The number of aromatic nitrogens is 1. The highest BCUT2D eigenvalue weighted by atomic mass is 16.5. The third-order valence-corrected chi connectivity index (χ3v) is 4.43. The van der Waals surface area contributed by atoms with E-state index in [1.54, 1.807) is 0 Å². The van der Waals surface area contributed by atoms with Gasteiger partial charge in [0.2, 0.25) is 5.91 Å². The van der Waals surface area contributed by atoms with E-state index in [2.05, 4.69) is 21.3 Å². The number of fused-ring (bicyclic) bond motifs is 1. The first-order valence-electron chi connectivity index (χ1n) is 8.51. The van der Waals surface area contributed by atoms with E-state index in [4.69, 9.17) is 4.74 Å². The van der Waals surface area contributed by atoms with Crippen LogP contribution in [0.1, 0.15) is 12.0 Å². The lowest BCUT2D eigenvalue weighted by molar-refractivity contribution is -0.122. The zero-order valence-corrected chi connectivity index (χ0v) is 13.8. The maximum Gasteiger partial charge on any atom is 0.220 e. The number of ether oxygens (including phenoxy) is 1. The molecule has 0 saturated carbocycles. The van der Waals surface area contributed by atoms with Gasteiger partial charge in [0.15, 0.2) is 0 Å². The Labute approximate surface area is 141 Å². The number of aromatic amines is 1. The number of nitrogens with one attached hydrogen (secondary N) is 2. The topological polar surface area (TPSA) is 77.6 Å². The average molecular weight is 331 g/mol. The maximum absolute atomic E-state index is 12.2. The smallest absolute Gasteiger partial charge is 0.220 e. The van der Waals surface area contributed by atoms with Gasteiger partial charge >= 0.3 is 0 Å². The van der Waals surface area contributed by atoms with Crippen LogP contribution in [0, 0.1) is 0 Å². The van der Waals surface area contributed by atoms with Crippen molar-refractivity contribution in [3.05, 3.63) is 36.0 Å². The number of carbonyl (C=O) groups is 1. The number of hydrogen-bond acceptors (Lipinski definition) is 4. The van der Waals surface area contributed by atoms with E-state index < -0.39 is 0 Å². The largest absolute Gasteiger partial charge is 0.394 e. The summed E-state index contributed by atoms with van der Waals surface area (Å²) in [6, 6.07) is 8.00. The second-order valence-electron chi connectivity index (χ2n) is 6.26. The zero-order chi connectivity index (χ0) is 16.8. The molecule has 1 saturated heterocycles. The van der Waals surface area contributed by atoms with E-state index in [0.29, 0.717) is 32.6 Å². The maximum atomic E-state index is 12.2. The molecule has 24 heavy (non-hydrogen) atoms. The van der Waals surface area contributed by atoms with E-state index >= 15 is 0 Å². The van der Waals surface area contributed by atoms with Crippen LogP contribution in [-0.2, 0) is 16.0 Å². The van der Waals surface area contributed by atoms with Gasteiger partial charge < -0.3 is 20.1 Å². The Balaban J connectivity index is 1.46. The summed E-state index contributed by atoms with van der Waals surface area (Å²) >= 11 is 0. The van der Waals surface area contributed by atoms with Crippen LogP contribution in [0.2, 0.25) is 0 Å². The lowest BCUT2D eigenvalue weighted by Crippen LogP contribution is -2.49. The first-order valence-corrected chi connectivity index (χ1v) is 8.51. The normalized spacial score (nSPS) is 17.0. The molecule has 0 bridgehead atoms. The highest BCUT2D eigenvalue weighted by Gasteiger charge is 2.17. The van der Waals surface area contributed by atoms with Gasteiger partial charge in [0.05, 0.1) is 25.9 Å². The number of H-pyrrole nitrogens is 1. The number of benzene rings is 1. The van der Waals surface area contributed by atoms with Gasteiger partial charge in [-0.25, -0.2) is 0 Å². The molecule has 1 fully saturated rings. The summed E-state index contributed by atoms with van der Waals surface area (Å²) in [6.07, 6.45) is 3.04. The van der Waals surface area contributed by atoms with Crippen molar-refractivity contribution in [1.82, 2.24) is 15.2 Å². The summed E-state index contributed by atoms with van der Waals surface area (Å²) in [7, 11) is 0. The van der Waals surface area contributed by atoms with Crippen LogP contribution in [-0.4, -0.2) is 66.4 Å². The molecule has 6 nitrogen and oxygen atoms in total. The Hall–Kier alpha value is -1.89. The predicted octanol–water partition coefficient (Wildman–Crippen LogP) is 0.910. The summed E-state index contributed by atoms with van der Waals surface area (Å²) in [5.74, 6) is -0.0172. The van der Waals surface area contributed by atoms with Crippen LogP contribution in [0.25, 0.3) is 10.9 Å². The summed E-state index contributed by atoms with van der Waals surface area (Å²) in [4.78, 5) is 17.5. The van der Waals surface area contributed by atoms with Crippen molar-refractivity contribution >= 4 is 16.8 Å². The molecule has 3 rings (SSSR count). The first kappa shape index (κ1) is 17.0. The second kappa shape index (κ2) is 8.28. The number of morpholine rings is 1. The molecule has 1 aliphatic rings. The Morgan fingerprint density at radius 3 is 2.96 bits per heavy atom. The van der Waals surface area contributed by atoms with Gasteiger partial charge in [-0.1, -0.05) is 6.07 Å². The number of aliphatic hydroxyl groups excluding tert-OH is 1. The van der Waals surface area contributed by atoms with Crippen molar-refractivity contribution in [2.24, 2.45) is 0 Å². The minimum atomic E-state index is -0.220. The highest BCUT2D eigenvalue weighted by molar-refractivity contribution is 5.80. The van der Waals surface area contributed by atoms with Crippen LogP contribution in [0.4, 0.5) is 0 Å². The summed E-state index contributed by atoms with van der Waals surface area (Å²) < 4.78 is 5.31. The molecule has 1 aromatic heterocycles. The minimum absolute atomic E-state index is 0.0172. The quantitative estimate of drug-likeness (QED) is 0.705. The third kappa shape index (κ3) is 4.56. The zero-order valence-electron chi connectivity index (χ0n) is 13.8. The number of amides is 1. The summed E-state index contributed by atoms with van der Waals surface area (Å²) in [5.41, 5.74) is 2.25. The van der Waals surface area contributed by atoms with E-state index in [0.717, 1.165) is 29.6 Å². The minimum Gasteiger partial charge on any atom is -0.394 e. The molecule has 3 N–H and O–H groups in total. The number of nitrogens with zero attached hydrogens (tertiary/aromatic N) is 1. The van der Waals surface area contributed by atoms with Crippen LogP contribution >= 0.6 is 0 Å². The van der Waals surface area contributed by atoms with Crippen LogP contribution < -0.4 is 5.32 Å². The summed E-state index contributed by atoms with van der Waals surface area (Å²) in [6.45, 7) is 3.76. The van der Waals surface area contributed by atoms with E-state index in [-0.39, 0.29) is 18.6 Å². The fourth-order valence-corrected chi connectivity index (χ4v) is 3.06. The predicted molar refractivity (Wildman–Crippen MR) is 92.9 cm³/mol. The summed E-state index contributed by atoms with van der Waals surface area (Å²) in [5, 5.41) is 13.6. The number of carbonyl (C=O) groups excluding carboxylic acids is 1. The monoisotopic (exact) mass is 331 g/mol. The van der Waals surface area contributed by atoms with Gasteiger partial charge in [0, 0.05) is 37.8 Å². The molecule has 6 heteroatoms. The first-order chi connectivity index (χ1) is 11.7. The fourth-order valence-electron chi connectivity index (χ4n) is 3.06. The van der Waals surface area contributed by atoms with Crippen molar-refractivity contribution in [3.63, 3.8) is 0 Å². The molecular weight excluding hydrogens is 306 g/mol. The molecule has 0 radical (unpaired) electrons. The van der Waals surface area contributed by atoms with Crippen molar-refractivity contribution in [2.75, 3.05) is 39.5 Å². The molecule has 1 aliphatic heterocycles. The van der Waals surface area contributed by atoms with Crippen molar-refractivity contribution in [1.29, 1.82) is 0 Å². The molecule has 2 aromatic rings. The van der Waals surface area contributed by atoms with Gasteiger partial charge in [-0.15, -0.1) is 0 Å². The molecule has 0 unspecified atom stereocenters. The van der Waals surface area contributed by atoms with Gasteiger partial charge in [0.1, 0.15) is 0 Å². The van der Waals surface area contributed by atoms with Crippen molar-refractivity contribution < 1.29 is 14.6 Å².